The largest absolute Gasteiger partial charge is 0.481 e. The van der Waals surface area contributed by atoms with E-state index in [1.54, 1.807) is 0 Å². The van der Waals surface area contributed by atoms with Crippen molar-refractivity contribution in [2.75, 3.05) is 11.9 Å². The van der Waals surface area contributed by atoms with Crippen LogP contribution in [-0.4, -0.2) is 22.5 Å². The molecule has 0 amide bonds. The Balaban J connectivity index is 2.79. The van der Waals surface area contributed by atoms with Crippen molar-refractivity contribution in [2.45, 2.75) is 19.8 Å². The Hall–Kier alpha value is -2.18. The Morgan fingerprint density at radius 2 is 2.26 bits per heavy atom. The number of halogens is 1. The van der Waals surface area contributed by atoms with Crippen LogP contribution in [0.15, 0.2) is 18.2 Å². The van der Waals surface area contributed by atoms with Crippen molar-refractivity contribution in [2.24, 2.45) is 5.92 Å². The van der Waals surface area contributed by atoms with E-state index >= 15 is 0 Å². The fourth-order valence-electron chi connectivity index (χ4n) is 1.71. The van der Waals surface area contributed by atoms with Gasteiger partial charge in [-0.3, -0.25) is 14.9 Å². The average molecular weight is 270 g/mol. The third kappa shape index (κ3) is 4.20. The van der Waals surface area contributed by atoms with Gasteiger partial charge in [-0.2, -0.15) is 4.39 Å². The standard InChI is InChI=1S/C12H15FN2O4/c1-2-8(6-11(16)17)7-14-10-5-3-4-9(13)12(10)15(18)19/h3-5,8,14H,2,6-7H2,1H3,(H,16,17). The molecule has 0 aliphatic carbocycles. The summed E-state index contributed by atoms with van der Waals surface area (Å²) in [4.78, 5) is 20.6. The highest BCUT2D eigenvalue weighted by atomic mass is 19.1. The zero-order valence-electron chi connectivity index (χ0n) is 10.4. The van der Waals surface area contributed by atoms with Crippen LogP contribution in [0, 0.1) is 21.8 Å². The zero-order valence-corrected chi connectivity index (χ0v) is 10.4. The molecular formula is C12H15FN2O4. The van der Waals surface area contributed by atoms with Gasteiger partial charge in [0.1, 0.15) is 5.69 Å². The van der Waals surface area contributed by atoms with Crippen molar-refractivity contribution in [1.29, 1.82) is 0 Å². The molecule has 19 heavy (non-hydrogen) atoms. The summed E-state index contributed by atoms with van der Waals surface area (Å²) in [6, 6.07) is 3.77. The molecule has 2 N–H and O–H groups in total. The van der Waals surface area contributed by atoms with E-state index in [1.165, 1.54) is 12.1 Å². The Bertz CT molecular complexity index is 479. The number of nitro groups is 1. The highest BCUT2D eigenvalue weighted by Gasteiger charge is 2.20. The van der Waals surface area contributed by atoms with E-state index in [0.29, 0.717) is 6.42 Å². The first-order chi connectivity index (χ1) is 8.95. The van der Waals surface area contributed by atoms with Crippen molar-refractivity contribution in [3.05, 3.63) is 34.1 Å². The topological polar surface area (TPSA) is 92.5 Å². The molecule has 1 aromatic carbocycles. The number of carboxylic acids is 1. The lowest BCUT2D eigenvalue weighted by atomic mass is 10.0. The molecule has 1 unspecified atom stereocenters. The summed E-state index contributed by atoms with van der Waals surface area (Å²) >= 11 is 0. The van der Waals surface area contributed by atoms with Gasteiger partial charge in [0, 0.05) is 13.0 Å². The Morgan fingerprint density at radius 3 is 2.79 bits per heavy atom. The second-order valence-electron chi connectivity index (χ2n) is 4.15. The molecule has 1 atom stereocenters. The molecule has 0 bridgehead atoms. The summed E-state index contributed by atoms with van der Waals surface area (Å²) in [6.45, 7) is 2.07. The predicted octanol–water partition coefficient (Wildman–Crippen LogP) is 2.65. The van der Waals surface area contributed by atoms with E-state index in [2.05, 4.69) is 5.32 Å². The van der Waals surface area contributed by atoms with Gasteiger partial charge in [0.25, 0.3) is 0 Å². The molecule has 0 aliphatic heterocycles. The van der Waals surface area contributed by atoms with Crippen LogP contribution in [0.25, 0.3) is 0 Å². The van der Waals surface area contributed by atoms with Crippen LogP contribution >= 0.6 is 0 Å². The number of nitrogens with zero attached hydrogens (tertiary/aromatic N) is 1. The second kappa shape index (κ2) is 6.67. The Labute approximate surface area is 109 Å². The van der Waals surface area contributed by atoms with Crippen LogP contribution in [0.4, 0.5) is 15.8 Å². The molecule has 6 nitrogen and oxygen atoms in total. The number of benzene rings is 1. The minimum absolute atomic E-state index is 0.0351. The summed E-state index contributed by atoms with van der Waals surface area (Å²) < 4.78 is 13.3. The lowest BCUT2D eigenvalue weighted by molar-refractivity contribution is -0.386. The number of aliphatic carboxylic acids is 1. The summed E-state index contributed by atoms with van der Waals surface area (Å²) in [5, 5.41) is 22.2. The first-order valence-electron chi connectivity index (χ1n) is 5.84. The van der Waals surface area contributed by atoms with Crippen LogP contribution in [-0.2, 0) is 4.79 Å². The van der Waals surface area contributed by atoms with Crippen molar-refractivity contribution >= 4 is 17.3 Å². The summed E-state index contributed by atoms with van der Waals surface area (Å²) in [7, 11) is 0. The highest BCUT2D eigenvalue weighted by Crippen LogP contribution is 2.27. The summed E-state index contributed by atoms with van der Waals surface area (Å²) in [5.41, 5.74) is -0.554. The molecule has 0 aliphatic rings. The van der Waals surface area contributed by atoms with Gasteiger partial charge in [0.2, 0.25) is 5.82 Å². The normalized spacial score (nSPS) is 11.9. The fraction of sp³-hybridized carbons (Fsp3) is 0.417. The van der Waals surface area contributed by atoms with Gasteiger partial charge in [-0.15, -0.1) is 0 Å². The molecule has 0 radical (unpaired) electrons. The molecule has 104 valence electrons. The van der Waals surface area contributed by atoms with E-state index in [1.807, 2.05) is 6.92 Å². The number of nitrogens with one attached hydrogen (secondary N) is 1. The predicted molar refractivity (Wildman–Crippen MR) is 67.6 cm³/mol. The maximum atomic E-state index is 13.3. The van der Waals surface area contributed by atoms with Gasteiger partial charge in [0.15, 0.2) is 0 Å². The SMILES string of the molecule is CCC(CNc1cccc(F)c1[N+](=O)[O-])CC(=O)O. The van der Waals surface area contributed by atoms with Crippen LogP contribution < -0.4 is 5.32 Å². The van der Waals surface area contributed by atoms with E-state index in [9.17, 15) is 19.3 Å². The molecule has 0 aromatic heterocycles. The maximum absolute atomic E-state index is 13.3. The van der Waals surface area contributed by atoms with Crippen molar-refractivity contribution in [1.82, 2.24) is 0 Å². The average Bonchev–Trinajstić information content (AvgIpc) is 2.33. The number of anilines is 1. The van der Waals surface area contributed by atoms with E-state index in [4.69, 9.17) is 5.11 Å². The van der Waals surface area contributed by atoms with E-state index in [0.717, 1.165) is 6.07 Å². The number of rotatable bonds is 7. The van der Waals surface area contributed by atoms with Crippen molar-refractivity contribution in [3.8, 4) is 0 Å². The fourth-order valence-corrected chi connectivity index (χ4v) is 1.71. The first kappa shape index (κ1) is 14.9. The monoisotopic (exact) mass is 270 g/mol. The highest BCUT2D eigenvalue weighted by molar-refractivity contribution is 5.67. The molecule has 1 rings (SSSR count). The third-order valence-electron chi connectivity index (χ3n) is 2.79. The number of para-hydroxylation sites is 1. The van der Waals surface area contributed by atoms with Crippen LogP contribution in [0.2, 0.25) is 0 Å². The van der Waals surface area contributed by atoms with Crippen LogP contribution in [0.3, 0.4) is 0 Å². The first-order valence-corrected chi connectivity index (χ1v) is 5.84. The molecule has 7 heteroatoms. The molecule has 0 fully saturated rings. The Kier molecular flexibility index (Phi) is 5.23. The maximum Gasteiger partial charge on any atom is 0.327 e. The minimum Gasteiger partial charge on any atom is -0.481 e. The molecule has 0 spiro atoms. The van der Waals surface area contributed by atoms with Gasteiger partial charge >= 0.3 is 11.7 Å². The third-order valence-corrected chi connectivity index (χ3v) is 2.79. The van der Waals surface area contributed by atoms with Crippen molar-refractivity contribution in [3.63, 3.8) is 0 Å². The van der Waals surface area contributed by atoms with Gasteiger partial charge < -0.3 is 10.4 Å². The van der Waals surface area contributed by atoms with Crippen LogP contribution in [0.5, 0.6) is 0 Å². The number of hydrogen-bond donors (Lipinski definition) is 2. The number of carboxylic acid groups (broad SMARTS) is 1. The summed E-state index contributed by atoms with van der Waals surface area (Å²) in [5.74, 6) is -2.01. The molecule has 0 saturated carbocycles. The smallest absolute Gasteiger partial charge is 0.327 e. The quantitative estimate of drug-likeness (QED) is 0.587. The zero-order chi connectivity index (χ0) is 14.4. The number of carbonyl (C=O) groups is 1. The van der Waals surface area contributed by atoms with Crippen LogP contribution in [0.1, 0.15) is 19.8 Å². The van der Waals surface area contributed by atoms with E-state index < -0.39 is 22.4 Å². The van der Waals surface area contributed by atoms with Crippen molar-refractivity contribution < 1.29 is 19.2 Å². The Morgan fingerprint density at radius 1 is 1.58 bits per heavy atom. The second-order valence-corrected chi connectivity index (χ2v) is 4.15. The molecule has 0 saturated heterocycles. The summed E-state index contributed by atoms with van der Waals surface area (Å²) in [6.07, 6.45) is 0.578. The minimum atomic E-state index is -0.928. The van der Waals surface area contributed by atoms with Gasteiger partial charge in [-0.1, -0.05) is 19.4 Å². The van der Waals surface area contributed by atoms with Gasteiger partial charge in [-0.05, 0) is 18.1 Å². The van der Waals surface area contributed by atoms with Gasteiger partial charge in [0.05, 0.1) is 4.92 Å². The lowest BCUT2D eigenvalue weighted by Gasteiger charge is -2.14. The molecular weight excluding hydrogens is 255 g/mol. The van der Waals surface area contributed by atoms with E-state index in [-0.39, 0.29) is 24.6 Å². The molecule has 1 aromatic rings. The number of nitro benzene ring substituents is 1. The lowest BCUT2D eigenvalue weighted by Crippen LogP contribution is -2.18. The van der Waals surface area contributed by atoms with Gasteiger partial charge in [-0.25, -0.2) is 0 Å². The number of hydrogen-bond acceptors (Lipinski definition) is 4. The molecule has 0 heterocycles.